The highest BCUT2D eigenvalue weighted by Gasteiger charge is 2.32. The number of ether oxygens (including phenoxy) is 1. The number of carbonyl (C=O) groups excluding carboxylic acids is 1. The van der Waals surface area contributed by atoms with Crippen LogP contribution in [0.2, 0.25) is 0 Å². The van der Waals surface area contributed by atoms with Gasteiger partial charge < -0.3 is 15.4 Å². The van der Waals surface area contributed by atoms with Gasteiger partial charge >= 0.3 is 0 Å². The van der Waals surface area contributed by atoms with E-state index in [1.165, 1.54) is 0 Å². The minimum Gasteiger partial charge on any atom is -0.371 e. The van der Waals surface area contributed by atoms with Gasteiger partial charge in [0.15, 0.2) is 0 Å². The number of benzene rings is 1. The molecule has 0 saturated carbocycles. The number of rotatable bonds is 3. The lowest BCUT2D eigenvalue weighted by Crippen LogP contribution is -2.43. The zero-order valence-corrected chi connectivity index (χ0v) is 11.7. The fourth-order valence-corrected chi connectivity index (χ4v) is 3.09. The predicted octanol–water partition coefficient (Wildman–Crippen LogP) is 1.63. The number of piperidine rings is 1. The van der Waals surface area contributed by atoms with Crippen LogP contribution in [-0.4, -0.2) is 31.6 Å². The van der Waals surface area contributed by atoms with Crippen molar-refractivity contribution in [1.29, 1.82) is 0 Å². The molecule has 20 heavy (non-hydrogen) atoms. The molecule has 1 aromatic rings. The summed E-state index contributed by atoms with van der Waals surface area (Å²) in [7, 11) is 0. The monoisotopic (exact) mass is 274 g/mol. The van der Waals surface area contributed by atoms with Crippen molar-refractivity contribution in [3.05, 3.63) is 35.9 Å². The maximum atomic E-state index is 12.3. The molecule has 0 radical (unpaired) electrons. The number of hydrogen-bond acceptors (Lipinski definition) is 3. The lowest BCUT2D eigenvalue weighted by Gasteiger charge is -2.26. The molecular formula is C16H22N2O2. The first-order chi connectivity index (χ1) is 9.84. The first kappa shape index (κ1) is 13.6. The van der Waals surface area contributed by atoms with Gasteiger partial charge in [-0.15, -0.1) is 0 Å². The molecule has 0 aromatic heterocycles. The van der Waals surface area contributed by atoms with Crippen LogP contribution in [0.3, 0.4) is 0 Å². The first-order valence-electron chi connectivity index (χ1n) is 7.52. The van der Waals surface area contributed by atoms with Crippen molar-refractivity contribution in [3.63, 3.8) is 0 Å². The van der Waals surface area contributed by atoms with Gasteiger partial charge in [0, 0.05) is 12.5 Å². The largest absolute Gasteiger partial charge is 0.371 e. The van der Waals surface area contributed by atoms with E-state index >= 15 is 0 Å². The van der Waals surface area contributed by atoms with Gasteiger partial charge in [-0.2, -0.15) is 0 Å². The molecule has 0 spiro atoms. The zero-order valence-electron chi connectivity index (χ0n) is 11.7. The van der Waals surface area contributed by atoms with E-state index in [0.717, 1.165) is 44.5 Å². The second kappa shape index (κ2) is 6.37. The highest BCUT2D eigenvalue weighted by molar-refractivity contribution is 5.79. The van der Waals surface area contributed by atoms with Crippen molar-refractivity contribution in [2.75, 3.05) is 19.7 Å². The Morgan fingerprint density at radius 3 is 2.65 bits per heavy atom. The second-order valence-corrected chi connectivity index (χ2v) is 5.63. The van der Waals surface area contributed by atoms with Gasteiger partial charge in [0.05, 0.1) is 6.04 Å². The molecule has 0 bridgehead atoms. The van der Waals surface area contributed by atoms with Gasteiger partial charge in [0.1, 0.15) is 6.10 Å². The summed E-state index contributed by atoms with van der Waals surface area (Å²) >= 11 is 0. The van der Waals surface area contributed by atoms with E-state index in [1.807, 2.05) is 18.2 Å². The topological polar surface area (TPSA) is 50.4 Å². The Balaban J connectivity index is 1.62. The molecule has 2 heterocycles. The van der Waals surface area contributed by atoms with Crippen LogP contribution in [0.5, 0.6) is 0 Å². The minimum atomic E-state index is 0.00173. The fraction of sp³-hybridized carbons (Fsp3) is 0.562. The van der Waals surface area contributed by atoms with Gasteiger partial charge in [-0.25, -0.2) is 0 Å². The Bertz CT molecular complexity index is 443. The molecule has 2 atom stereocenters. The van der Waals surface area contributed by atoms with E-state index in [2.05, 4.69) is 22.8 Å². The predicted molar refractivity (Wildman–Crippen MR) is 77.3 cm³/mol. The Morgan fingerprint density at radius 2 is 1.90 bits per heavy atom. The van der Waals surface area contributed by atoms with E-state index in [4.69, 9.17) is 4.74 Å². The summed E-state index contributed by atoms with van der Waals surface area (Å²) in [5.74, 6) is 0.358. The van der Waals surface area contributed by atoms with Crippen molar-refractivity contribution in [1.82, 2.24) is 10.6 Å². The summed E-state index contributed by atoms with van der Waals surface area (Å²) < 4.78 is 5.81. The van der Waals surface area contributed by atoms with E-state index in [-0.39, 0.29) is 24.0 Å². The van der Waals surface area contributed by atoms with Gasteiger partial charge in [0.2, 0.25) is 5.91 Å². The van der Waals surface area contributed by atoms with Crippen LogP contribution in [-0.2, 0) is 9.53 Å². The van der Waals surface area contributed by atoms with Gasteiger partial charge in [-0.3, -0.25) is 4.79 Å². The molecule has 1 aromatic carbocycles. The van der Waals surface area contributed by atoms with Gasteiger partial charge in [-0.1, -0.05) is 30.3 Å². The third-order valence-electron chi connectivity index (χ3n) is 4.26. The lowest BCUT2D eigenvalue weighted by atomic mass is 9.95. The Morgan fingerprint density at radius 1 is 1.15 bits per heavy atom. The smallest absolute Gasteiger partial charge is 0.223 e. The number of hydrogen-bond donors (Lipinski definition) is 2. The van der Waals surface area contributed by atoms with Crippen molar-refractivity contribution >= 4 is 5.91 Å². The number of carbonyl (C=O) groups is 1. The molecule has 1 amide bonds. The molecule has 2 N–H and O–H groups in total. The molecule has 3 rings (SSSR count). The summed E-state index contributed by atoms with van der Waals surface area (Å²) in [6, 6.07) is 10.3. The molecule has 108 valence electrons. The summed E-state index contributed by atoms with van der Waals surface area (Å²) in [6.07, 6.45) is 2.78. The third-order valence-corrected chi connectivity index (χ3v) is 4.26. The normalized spacial score (nSPS) is 27.4. The maximum Gasteiger partial charge on any atom is 0.223 e. The number of nitrogens with one attached hydrogen (secondary N) is 2. The molecule has 4 heteroatoms. The average Bonchev–Trinajstić information content (AvgIpc) is 2.97. The molecule has 2 saturated heterocycles. The molecule has 2 aliphatic rings. The van der Waals surface area contributed by atoms with Crippen molar-refractivity contribution in [2.24, 2.45) is 5.92 Å². The average molecular weight is 274 g/mol. The molecule has 0 aliphatic carbocycles. The summed E-state index contributed by atoms with van der Waals surface area (Å²) in [6.45, 7) is 2.61. The van der Waals surface area contributed by atoms with Gasteiger partial charge in [0.25, 0.3) is 0 Å². The highest BCUT2D eigenvalue weighted by atomic mass is 16.5. The molecule has 2 aliphatic heterocycles. The quantitative estimate of drug-likeness (QED) is 0.881. The Labute approximate surface area is 119 Å². The van der Waals surface area contributed by atoms with Crippen LogP contribution in [0, 0.1) is 5.92 Å². The van der Waals surface area contributed by atoms with E-state index in [1.54, 1.807) is 0 Å². The van der Waals surface area contributed by atoms with Crippen LogP contribution < -0.4 is 10.6 Å². The van der Waals surface area contributed by atoms with E-state index in [0.29, 0.717) is 0 Å². The number of amides is 1. The SMILES string of the molecule is O=C(NC1CCOC1c1ccccc1)C1CCNCC1. The summed E-state index contributed by atoms with van der Waals surface area (Å²) in [4.78, 5) is 12.3. The Hall–Kier alpha value is -1.39. The highest BCUT2D eigenvalue weighted by Crippen LogP contribution is 2.29. The van der Waals surface area contributed by atoms with Crippen molar-refractivity contribution in [2.45, 2.75) is 31.4 Å². The standard InChI is InChI=1S/C16H22N2O2/c19-16(13-6-9-17-10-7-13)18-14-8-11-20-15(14)12-4-2-1-3-5-12/h1-5,13-15,17H,6-11H2,(H,18,19). The van der Waals surface area contributed by atoms with Gasteiger partial charge in [-0.05, 0) is 37.9 Å². The third kappa shape index (κ3) is 3.02. The fourth-order valence-electron chi connectivity index (χ4n) is 3.09. The molecule has 4 nitrogen and oxygen atoms in total. The van der Waals surface area contributed by atoms with E-state index < -0.39 is 0 Å². The van der Waals surface area contributed by atoms with Crippen molar-refractivity contribution in [3.8, 4) is 0 Å². The van der Waals surface area contributed by atoms with Crippen LogP contribution >= 0.6 is 0 Å². The zero-order chi connectivity index (χ0) is 13.8. The summed E-state index contributed by atoms with van der Waals surface area (Å²) in [5, 5.41) is 6.50. The van der Waals surface area contributed by atoms with Crippen LogP contribution in [0.25, 0.3) is 0 Å². The Kier molecular flexibility index (Phi) is 4.33. The molecule has 2 unspecified atom stereocenters. The van der Waals surface area contributed by atoms with E-state index in [9.17, 15) is 4.79 Å². The van der Waals surface area contributed by atoms with Crippen LogP contribution in [0.15, 0.2) is 30.3 Å². The van der Waals surface area contributed by atoms with Crippen LogP contribution in [0.4, 0.5) is 0 Å². The first-order valence-corrected chi connectivity index (χ1v) is 7.52. The molecular weight excluding hydrogens is 252 g/mol. The van der Waals surface area contributed by atoms with Crippen molar-refractivity contribution < 1.29 is 9.53 Å². The minimum absolute atomic E-state index is 0.00173. The maximum absolute atomic E-state index is 12.3. The lowest BCUT2D eigenvalue weighted by molar-refractivity contribution is -0.126. The van der Waals surface area contributed by atoms with Crippen LogP contribution in [0.1, 0.15) is 30.9 Å². The molecule has 2 fully saturated rings. The summed E-state index contributed by atoms with van der Waals surface area (Å²) in [5.41, 5.74) is 1.15. The second-order valence-electron chi connectivity index (χ2n) is 5.63.